The number of hydrogen-bond donors (Lipinski definition) is 0. The quantitative estimate of drug-likeness (QED) is 0.401. The molecule has 1 aromatic carbocycles. The molecule has 3 heteroatoms. The largest absolute Gasteiger partial charge is 0.240 e. The van der Waals surface area contributed by atoms with Crippen LogP contribution in [-0.2, 0) is 4.79 Å². The second-order valence-corrected chi connectivity index (χ2v) is 1.54. The highest BCUT2D eigenvalue weighted by Gasteiger charge is 1.79. The first-order chi connectivity index (χ1) is 5.43. The van der Waals surface area contributed by atoms with Crippen LogP contribution in [0.25, 0.3) is 0 Å². The lowest BCUT2D eigenvalue weighted by Crippen LogP contribution is -1.59. The molecule has 0 bridgehead atoms. The molecule has 0 aromatic heterocycles. The van der Waals surface area contributed by atoms with Crippen LogP contribution >= 0.6 is 15.9 Å². The molecule has 0 saturated heterocycles. The van der Waals surface area contributed by atoms with Gasteiger partial charge in [-0.3, -0.25) is 0 Å². The summed E-state index contributed by atoms with van der Waals surface area (Å²) in [5.74, 6) is 1.81. The fourth-order valence-corrected chi connectivity index (χ4v) is 0.555. The first-order valence-electron chi connectivity index (χ1n) is 2.94. The standard InChI is InChI=1S/C7H5NO.CH3Br/c9-6-8-7-4-2-1-3-5-7;1-2/h1-5H;1H3. The minimum Gasteiger partial charge on any atom is -0.211 e. The summed E-state index contributed by atoms with van der Waals surface area (Å²) in [6.45, 7) is 0. The molecule has 11 heavy (non-hydrogen) atoms. The third-order valence-electron chi connectivity index (χ3n) is 0.931. The van der Waals surface area contributed by atoms with Crippen LogP contribution in [-0.4, -0.2) is 11.9 Å². The van der Waals surface area contributed by atoms with Gasteiger partial charge in [0.15, 0.2) is 0 Å². The van der Waals surface area contributed by atoms with Crippen LogP contribution in [0.1, 0.15) is 0 Å². The highest BCUT2D eigenvalue weighted by Crippen LogP contribution is 2.06. The van der Waals surface area contributed by atoms with Gasteiger partial charge in [0.2, 0.25) is 6.08 Å². The van der Waals surface area contributed by atoms with E-state index in [4.69, 9.17) is 0 Å². The molecule has 0 spiro atoms. The number of rotatable bonds is 1. The van der Waals surface area contributed by atoms with Gasteiger partial charge in [0.1, 0.15) is 0 Å². The van der Waals surface area contributed by atoms with Crippen molar-refractivity contribution >= 4 is 27.7 Å². The van der Waals surface area contributed by atoms with Crippen LogP contribution in [0.2, 0.25) is 0 Å². The first kappa shape index (κ1) is 10.1. The Morgan fingerprint density at radius 2 is 1.82 bits per heavy atom. The van der Waals surface area contributed by atoms with Crippen molar-refractivity contribution in [3.8, 4) is 0 Å². The van der Waals surface area contributed by atoms with Crippen LogP contribution in [0, 0.1) is 0 Å². The summed E-state index contributed by atoms with van der Waals surface area (Å²) >= 11 is 2.94. The van der Waals surface area contributed by atoms with E-state index in [0.29, 0.717) is 5.69 Å². The molecule has 1 rings (SSSR count). The molecule has 0 aliphatic heterocycles. The van der Waals surface area contributed by atoms with Crippen LogP contribution in [0.4, 0.5) is 5.69 Å². The fraction of sp³-hybridized carbons (Fsp3) is 0.125. The second kappa shape index (κ2) is 7.19. The zero-order valence-electron chi connectivity index (χ0n) is 6.12. The molecule has 0 unspecified atom stereocenters. The molecule has 0 N–H and O–H groups in total. The van der Waals surface area contributed by atoms with Crippen molar-refractivity contribution < 1.29 is 4.79 Å². The van der Waals surface area contributed by atoms with Crippen LogP contribution in [0.5, 0.6) is 0 Å². The minimum absolute atomic E-state index is 0.646. The average Bonchev–Trinajstić information content (AvgIpc) is 2.11. The number of nitrogens with zero attached hydrogens (tertiary/aromatic N) is 1. The number of isocyanates is 1. The number of benzene rings is 1. The summed E-state index contributed by atoms with van der Waals surface area (Å²) in [7, 11) is 0. The number of hydrogen-bond acceptors (Lipinski definition) is 2. The number of carbonyl (C=O) groups excluding carboxylic acids is 1. The van der Waals surface area contributed by atoms with Crippen molar-refractivity contribution in [1.82, 2.24) is 0 Å². The van der Waals surface area contributed by atoms with Gasteiger partial charge in [0, 0.05) is 0 Å². The summed E-state index contributed by atoms with van der Waals surface area (Å²) in [5, 5.41) is 0. The molecule has 2 nitrogen and oxygen atoms in total. The van der Waals surface area contributed by atoms with Crippen molar-refractivity contribution in [3.63, 3.8) is 0 Å². The number of para-hydroxylation sites is 1. The molecule has 0 fully saturated rings. The van der Waals surface area contributed by atoms with Crippen molar-refractivity contribution in [1.29, 1.82) is 0 Å². The Hall–Kier alpha value is -0.920. The molecule has 0 radical (unpaired) electrons. The lowest BCUT2D eigenvalue weighted by molar-refractivity contribution is 0.565. The Morgan fingerprint density at radius 3 is 2.27 bits per heavy atom. The predicted octanol–water partition coefficient (Wildman–Crippen LogP) is 2.67. The van der Waals surface area contributed by atoms with Crippen molar-refractivity contribution in [2.75, 3.05) is 5.83 Å². The van der Waals surface area contributed by atoms with Crippen molar-refractivity contribution in [2.45, 2.75) is 0 Å². The van der Waals surface area contributed by atoms with E-state index >= 15 is 0 Å². The van der Waals surface area contributed by atoms with E-state index < -0.39 is 0 Å². The SMILES string of the molecule is CBr.O=C=Nc1ccccc1. The molecule has 0 saturated carbocycles. The maximum absolute atomic E-state index is 9.68. The average molecular weight is 214 g/mol. The van der Waals surface area contributed by atoms with Crippen LogP contribution < -0.4 is 0 Å². The summed E-state index contributed by atoms with van der Waals surface area (Å²) in [6.07, 6.45) is 1.46. The highest BCUT2D eigenvalue weighted by molar-refractivity contribution is 9.08. The molecule has 0 heterocycles. The van der Waals surface area contributed by atoms with E-state index in [1.807, 2.05) is 24.0 Å². The third-order valence-corrected chi connectivity index (χ3v) is 0.931. The van der Waals surface area contributed by atoms with Gasteiger partial charge in [-0.15, -0.1) is 0 Å². The van der Waals surface area contributed by atoms with E-state index in [1.54, 1.807) is 12.1 Å². The van der Waals surface area contributed by atoms with Gasteiger partial charge < -0.3 is 0 Å². The van der Waals surface area contributed by atoms with E-state index in [1.165, 1.54) is 6.08 Å². The Balaban J connectivity index is 0.000000461. The zero-order chi connectivity index (χ0) is 8.53. The number of aliphatic imine (C=N–C) groups is 1. The van der Waals surface area contributed by atoms with E-state index in [-0.39, 0.29) is 0 Å². The third kappa shape index (κ3) is 4.48. The van der Waals surface area contributed by atoms with Gasteiger partial charge >= 0.3 is 0 Å². The molecule has 1 aromatic rings. The van der Waals surface area contributed by atoms with Gasteiger partial charge in [-0.05, 0) is 18.0 Å². The van der Waals surface area contributed by atoms with Gasteiger partial charge in [-0.1, -0.05) is 34.1 Å². The summed E-state index contributed by atoms with van der Waals surface area (Å²) in [5.41, 5.74) is 0.646. The molecule has 0 aliphatic rings. The summed E-state index contributed by atoms with van der Waals surface area (Å²) in [6, 6.07) is 8.98. The Morgan fingerprint density at radius 1 is 1.27 bits per heavy atom. The lowest BCUT2D eigenvalue weighted by atomic mass is 10.3. The molecule has 0 aliphatic carbocycles. The first-order valence-corrected chi connectivity index (χ1v) is 4.53. The normalized spacial score (nSPS) is 7.09. The van der Waals surface area contributed by atoms with E-state index in [0.717, 1.165) is 0 Å². The van der Waals surface area contributed by atoms with E-state index in [9.17, 15) is 4.79 Å². The smallest absolute Gasteiger partial charge is 0.211 e. The van der Waals surface area contributed by atoms with Crippen LogP contribution in [0.15, 0.2) is 35.3 Å². The van der Waals surface area contributed by atoms with Gasteiger partial charge in [0.25, 0.3) is 0 Å². The summed E-state index contributed by atoms with van der Waals surface area (Å²) in [4.78, 5) is 13.1. The van der Waals surface area contributed by atoms with Gasteiger partial charge in [-0.25, -0.2) is 4.79 Å². The molecule has 58 valence electrons. The van der Waals surface area contributed by atoms with Gasteiger partial charge in [0.05, 0.1) is 5.69 Å². The van der Waals surface area contributed by atoms with Crippen molar-refractivity contribution in [3.05, 3.63) is 30.3 Å². The Labute approximate surface area is 74.1 Å². The maximum atomic E-state index is 9.68. The summed E-state index contributed by atoms with van der Waals surface area (Å²) < 4.78 is 0. The molecular formula is C8H8BrNO. The molecule has 0 amide bonds. The maximum Gasteiger partial charge on any atom is 0.240 e. The monoisotopic (exact) mass is 213 g/mol. The van der Waals surface area contributed by atoms with Gasteiger partial charge in [-0.2, -0.15) is 4.99 Å². The molecular weight excluding hydrogens is 206 g/mol. The number of alkyl halides is 1. The zero-order valence-corrected chi connectivity index (χ0v) is 7.71. The fourth-order valence-electron chi connectivity index (χ4n) is 0.555. The Kier molecular flexibility index (Phi) is 6.59. The topological polar surface area (TPSA) is 29.4 Å². The highest BCUT2D eigenvalue weighted by atomic mass is 79.9. The van der Waals surface area contributed by atoms with Crippen LogP contribution in [0.3, 0.4) is 0 Å². The van der Waals surface area contributed by atoms with Crippen molar-refractivity contribution in [2.24, 2.45) is 4.99 Å². The Bertz CT molecular complexity index is 229. The van der Waals surface area contributed by atoms with E-state index in [2.05, 4.69) is 20.9 Å². The molecule has 0 atom stereocenters. The lowest BCUT2D eigenvalue weighted by Gasteiger charge is -1.83. The second-order valence-electron chi connectivity index (χ2n) is 1.54. The predicted molar refractivity (Wildman–Crippen MR) is 49.1 cm³/mol. The minimum atomic E-state index is 0.646. The number of halogens is 1.